The third-order valence-corrected chi connectivity index (χ3v) is 8.91. The van der Waals surface area contributed by atoms with Crippen molar-refractivity contribution in [1.82, 2.24) is 9.21 Å². The lowest BCUT2D eigenvalue weighted by molar-refractivity contribution is 0.0637. The van der Waals surface area contributed by atoms with E-state index in [4.69, 9.17) is 4.74 Å². The van der Waals surface area contributed by atoms with Gasteiger partial charge in [0.15, 0.2) is 0 Å². The first-order valence-electron chi connectivity index (χ1n) is 11.6. The van der Waals surface area contributed by atoms with E-state index in [0.29, 0.717) is 37.4 Å². The second-order valence-corrected chi connectivity index (χ2v) is 11.0. The van der Waals surface area contributed by atoms with E-state index in [9.17, 15) is 13.2 Å². The van der Waals surface area contributed by atoms with Crippen molar-refractivity contribution in [2.75, 3.05) is 26.3 Å². The topological polar surface area (TPSA) is 66.9 Å². The van der Waals surface area contributed by atoms with Crippen molar-refractivity contribution < 1.29 is 17.9 Å². The summed E-state index contributed by atoms with van der Waals surface area (Å²) in [6, 6.07) is 13.8. The van der Waals surface area contributed by atoms with Crippen molar-refractivity contribution in [1.29, 1.82) is 0 Å². The number of carbonyl (C=O) groups is 1. The van der Waals surface area contributed by atoms with Gasteiger partial charge in [0, 0.05) is 24.7 Å². The second kappa shape index (κ2) is 8.61. The number of hydrogen-bond donors (Lipinski definition) is 0. The molecule has 1 aliphatic heterocycles. The first-order chi connectivity index (χ1) is 15.5. The molecule has 32 heavy (non-hydrogen) atoms. The zero-order valence-electron chi connectivity index (χ0n) is 18.5. The predicted octanol–water partition coefficient (Wildman–Crippen LogP) is 3.70. The highest BCUT2D eigenvalue weighted by atomic mass is 32.2. The molecule has 1 unspecified atom stereocenters. The van der Waals surface area contributed by atoms with E-state index >= 15 is 0 Å². The van der Waals surface area contributed by atoms with E-state index in [1.54, 1.807) is 25.1 Å². The number of amides is 1. The van der Waals surface area contributed by atoms with E-state index in [-0.39, 0.29) is 22.9 Å². The van der Waals surface area contributed by atoms with Crippen LogP contribution in [-0.4, -0.2) is 55.9 Å². The van der Waals surface area contributed by atoms with Gasteiger partial charge in [0.05, 0.1) is 24.2 Å². The number of rotatable bonds is 5. The average molecular weight is 455 g/mol. The van der Waals surface area contributed by atoms with E-state index in [2.05, 4.69) is 18.2 Å². The van der Waals surface area contributed by atoms with Gasteiger partial charge in [0.25, 0.3) is 5.91 Å². The van der Waals surface area contributed by atoms with Crippen LogP contribution in [0.2, 0.25) is 0 Å². The zero-order valence-corrected chi connectivity index (χ0v) is 19.3. The maximum Gasteiger partial charge on any atom is 0.254 e. The molecule has 0 aromatic heterocycles. The molecule has 1 atom stereocenters. The molecule has 5 rings (SSSR count). The molecular weight excluding hydrogens is 424 g/mol. The quantitative estimate of drug-likeness (QED) is 0.691. The monoisotopic (exact) mass is 454 g/mol. The van der Waals surface area contributed by atoms with E-state index in [1.807, 2.05) is 11.0 Å². The lowest BCUT2D eigenvalue weighted by Gasteiger charge is -2.36. The van der Waals surface area contributed by atoms with Crippen molar-refractivity contribution in [3.05, 3.63) is 64.7 Å². The van der Waals surface area contributed by atoms with Crippen molar-refractivity contribution in [3.8, 4) is 0 Å². The Labute approximate surface area is 190 Å². The second-order valence-electron chi connectivity index (χ2n) is 9.05. The van der Waals surface area contributed by atoms with Crippen molar-refractivity contribution in [2.24, 2.45) is 0 Å². The van der Waals surface area contributed by atoms with Gasteiger partial charge >= 0.3 is 0 Å². The van der Waals surface area contributed by atoms with Crippen LogP contribution in [-0.2, 0) is 21.2 Å². The van der Waals surface area contributed by atoms with Crippen LogP contribution < -0.4 is 0 Å². The fourth-order valence-electron chi connectivity index (χ4n) is 5.02. The number of carbonyl (C=O) groups excluding carboxylic acids is 1. The van der Waals surface area contributed by atoms with Crippen LogP contribution in [0.3, 0.4) is 0 Å². The summed E-state index contributed by atoms with van der Waals surface area (Å²) in [5, 5.41) is 0. The number of aryl methyl sites for hydroxylation is 2. The molecule has 0 radical (unpaired) electrons. The Morgan fingerprint density at radius 2 is 1.81 bits per heavy atom. The number of sulfonamides is 1. The summed E-state index contributed by atoms with van der Waals surface area (Å²) in [5.74, 6) is -0.0624. The van der Waals surface area contributed by atoms with Crippen LogP contribution in [0.15, 0.2) is 47.4 Å². The lowest BCUT2D eigenvalue weighted by Crippen LogP contribution is -2.41. The third-order valence-electron chi connectivity index (χ3n) is 6.87. The molecule has 1 saturated carbocycles. The van der Waals surface area contributed by atoms with Crippen LogP contribution in [0, 0.1) is 6.92 Å². The average Bonchev–Trinajstić information content (AvgIpc) is 3.65. The van der Waals surface area contributed by atoms with Crippen molar-refractivity contribution in [3.63, 3.8) is 0 Å². The SMILES string of the molecule is Cc1ccc(C(=O)N(C2CC2)C2CCCc3ccccc32)cc1S(=O)(=O)N1CCOCC1. The van der Waals surface area contributed by atoms with Gasteiger partial charge in [-0.05, 0) is 67.9 Å². The van der Waals surface area contributed by atoms with Crippen molar-refractivity contribution >= 4 is 15.9 Å². The summed E-state index contributed by atoms with van der Waals surface area (Å²) in [5.41, 5.74) is 3.68. The van der Waals surface area contributed by atoms with E-state index in [0.717, 1.165) is 32.1 Å². The number of fused-ring (bicyclic) bond motifs is 1. The largest absolute Gasteiger partial charge is 0.379 e. The molecule has 3 aliphatic rings. The highest BCUT2D eigenvalue weighted by Gasteiger charge is 2.40. The summed E-state index contributed by atoms with van der Waals surface area (Å²) in [4.78, 5) is 16.1. The third kappa shape index (κ3) is 3.98. The highest BCUT2D eigenvalue weighted by Crippen LogP contribution is 2.41. The van der Waals surface area contributed by atoms with Crippen LogP contribution in [0.25, 0.3) is 0 Å². The number of morpholine rings is 1. The normalized spacial score (nSPS) is 21.7. The van der Waals surface area contributed by atoms with Crippen LogP contribution >= 0.6 is 0 Å². The van der Waals surface area contributed by atoms with Crippen LogP contribution in [0.4, 0.5) is 0 Å². The van der Waals surface area contributed by atoms with Gasteiger partial charge in [-0.15, -0.1) is 0 Å². The van der Waals surface area contributed by atoms with E-state index in [1.165, 1.54) is 15.4 Å². The van der Waals surface area contributed by atoms with Gasteiger partial charge in [-0.2, -0.15) is 4.31 Å². The highest BCUT2D eigenvalue weighted by molar-refractivity contribution is 7.89. The molecule has 1 saturated heterocycles. The number of benzene rings is 2. The Bertz CT molecular complexity index is 1120. The van der Waals surface area contributed by atoms with Gasteiger partial charge in [-0.1, -0.05) is 30.3 Å². The van der Waals surface area contributed by atoms with E-state index < -0.39 is 10.0 Å². The minimum atomic E-state index is -3.67. The number of hydrogen-bond acceptors (Lipinski definition) is 4. The molecule has 170 valence electrons. The zero-order chi connectivity index (χ0) is 22.3. The molecule has 7 heteroatoms. The van der Waals surface area contributed by atoms with Crippen molar-refractivity contribution in [2.45, 2.75) is 56.0 Å². The molecule has 0 bridgehead atoms. The Morgan fingerprint density at radius 1 is 1.06 bits per heavy atom. The first kappa shape index (κ1) is 21.6. The Hall–Kier alpha value is -2.22. The Balaban J connectivity index is 1.49. The molecule has 2 fully saturated rings. The molecule has 0 spiro atoms. The summed E-state index contributed by atoms with van der Waals surface area (Å²) in [6.45, 7) is 3.26. The standard InChI is InChI=1S/C25H30N2O4S/c1-18-9-10-20(17-24(18)32(29,30)26-13-15-31-16-14-26)25(28)27(21-11-12-21)23-8-4-6-19-5-2-3-7-22(19)23/h2-3,5,7,9-10,17,21,23H,4,6,8,11-16H2,1H3. The minimum Gasteiger partial charge on any atom is -0.379 e. The lowest BCUT2D eigenvalue weighted by atomic mass is 9.86. The molecular formula is C25H30N2O4S. The maximum atomic E-state index is 13.8. The summed E-state index contributed by atoms with van der Waals surface area (Å²) in [7, 11) is -3.67. The smallest absolute Gasteiger partial charge is 0.254 e. The minimum absolute atomic E-state index is 0.0561. The number of nitrogens with zero attached hydrogens (tertiary/aromatic N) is 2. The van der Waals surface area contributed by atoms with Gasteiger partial charge < -0.3 is 9.64 Å². The van der Waals surface area contributed by atoms with Crippen LogP contribution in [0.1, 0.15) is 58.8 Å². The molecule has 2 aromatic carbocycles. The Kier molecular flexibility index (Phi) is 5.82. The number of ether oxygens (including phenoxy) is 1. The molecule has 2 aliphatic carbocycles. The fraction of sp³-hybridized carbons (Fsp3) is 0.480. The summed E-state index contributed by atoms with van der Waals surface area (Å²) in [6.07, 6.45) is 5.07. The molecule has 6 nitrogen and oxygen atoms in total. The molecule has 0 N–H and O–H groups in total. The van der Waals surface area contributed by atoms with Gasteiger partial charge in [-0.25, -0.2) is 8.42 Å². The summed E-state index contributed by atoms with van der Waals surface area (Å²) >= 11 is 0. The molecule has 2 aromatic rings. The van der Waals surface area contributed by atoms with Gasteiger partial charge in [0.2, 0.25) is 10.0 Å². The van der Waals surface area contributed by atoms with Gasteiger partial charge in [0.1, 0.15) is 0 Å². The van der Waals surface area contributed by atoms with Crippen LogP contribution in [0.5, 0.6) is 0 Å². The summed E-state index contributed by atoms with van der Waals surface area (Å²) < 4.78 is 33.4. The predicted molar refractivity (Wildman–Crippen MR) is 122 cm³/mol. The maximum absolute atomic E-state index is 13.8. The molecule has 1 amide bonds. The first-order valence-corrected chi connectivity index (χ1v) is 13.0. The van der Waals surface area contributed by atoms with Gasteiger partial charge in [-0.3, -0.25) is 4.79 Å². The molecule has 1 heterocycles. The Morgan fingerprint density at radius 3 is 2.56 bits per heavy atom. The fourth-order valence-corrected chi connectivity index (χ4v) is 6.68.